The van der Waals surface area contributed by atoms with Gasteiger partial charge < -0.3 is 14.4 Å². The highest BCUT2D eigenvalue weighted by atomic mass is 32.2. The molecular formula is C19H21N3O2S. The summed E-state index contributed by atoms with van der Waals surface area (Å²) < 4.78 is 7.78. The van der Waals surface area contributed by atoms with Gasteiger partial charge in [-0.2, -0.15) is 0 Å². The van der Waals surface area contributed by atoms with Crippen molar-refractivity contribution in [3.05, 3.63) is 54.1 Å². The SMILES string of the molecule is CCn1c(SCCOc2cccc(C)c2)nnc1-c1ccccc1O. The van der Waals surface area contributed by atoms with Gasteiger partial charge >= 0.3 is 0 Å². The quantitative estimate of drug-likeness (QED) is 0.510. The van der Waals surface area contributed by atoms with Crippen LogP contribution in [0, 0.1) is 6.92 Å². The smallest absolute Gasteiger partial charge is 0.191 e. The summed E-state index contributed by atoms with van der Waals surface area (Å²) in [4.78, 5) is 0. The Hall–Kier alpha value is -2.47. The lowest BCUT2D eigenvalue weighted by Crippen LogP contribution is -2.03. The number of thioether (sulfide) groups is 1. The first kappa shape index (κ1) is 17.4. The van der Waals surface area contributed by atoms with Crippen molar-refractivity contribution in [2.45, 2.75) is 25.5 Å². The highest BCUT2D eigenvalue weighted by Crippen LogP contribution is 2.30. The first-order valence-corrected chi connectivity index (χ1v) is 9.21. The largest absolute Gasteiger partial charge is 0.507 e. The molecule has 0 unspecified atom stereocenters. The summed E-state index contributed by atoms with van der Waals surface area (Å²) in [6, 6.07) is 15.2. The number of phenols is 1. The third-order valence-corrected chi connectivity index (χ3v) is 4.68. The minimum atomic E-state index is 0.212. The Balaban J connectivity index is 1.64. The molecule has 0 saturated carbocycles. The molecule has 3 rings (SSSR count). The van der Waals surface area contributed by atoms with Crippen LogP contribution in [0.1, 0.15) is 12.5 Å². The summed E-state index contributed by atoms with van der Waals surface area (Å²) in [7, 11) is 0. The molecule has 0 fully saturated rings. The van der Waals surface area contributed by atoms with E-state index in [4.69, 9.17) is 4.74 Å². The number of benzene rings is 2. The van der Waals surface area contributed by atoms with Gasteiger partial charge in [0.1, 0.15) is 11.5 Å². The molecule has 0 spiro atoms. The van der Waals surface area contributed by atoms with Gasteiger partial charge in [0.15, 0.2) is 11.0 Å². The molecule has 3 aromatic rings. The van der Waals surface area contributed by atoms with Gasteiger partial charge in [-0.15, -0.1) is 10.2 Å². The van der Waals surface area contributed by atoms with Crippen LogP contribution in [0.2, 0.25) is 0 Å². The lowest BCUT2D eigenvalue weighted by molar-refractivity contribution is 0.343. The molecule has 0 bridgehead atoms. The van der Waals surface area contributed by atoms with Crippen LogP contribution in [0.25, 0.3) is 11.4 Å². The fraction of sp³-hybridized carbons (Fsp3) is 0.263. The lowest BCUT2D eigenvalue weighted by Gasteiger charge is -2.09. The number of hydrogen-bond acceptors (Lipinski definition) is 5. The van der Waals surface area contributed by atoms with Crippen LogP contribution in [0.3, 0.4) is 0 Å². The molecule has 0 aliphatic rings. The van der Waals surface area contributed by atoms with Gasteiger partial charge in [-0.05, 0) is 43.7 Å². The van der Waals surface area contributed by atoms with Crippen molar-refractivity contribution in [3.63, 3.8) is 0 Å². The van der Waals surface area contributed by atoms with Crippen LogP contribution in [0.15, 0.2) is 53.7 Å². The zero-order valence-corrected chi connectivity index (χ0v) is 15.2. The van der Waals surface area contributed by atoms with E-state index in [-0.39, 0.29) is 5.75 Å². The standard InChI is InChI=1S/C19H21N3O2S/c1-3-22-18(16-9-4-5-10-17(16)23)20-21-19(22)25-12-11-24-15-8-6-7-14(2)13-15/h4-10,13,23H,3,11-12H2,1-2H3. The van der Waals surface area contributed by atoms with Gasteiger partial charge in [0.2, 0.25) is 0 Å². The van der Waals surface area contributed by atoms with E-state index in [0.717, 1.165) is 23.2 Å². The molecule has 130 valence electrons. The van der Waals surface area contributed by atoms with E-state index < -0.39 is 0 Å². The molecule has 1 aromatic heterocycles. The fourth-order valence-electron chi connectivity index (χ4n) is 2.54. The summed E-state index contributed by atoms with van der Waals surface area (Å²) in [6.07, 6.45) is 0. The van der Waals surface area contributed by atoms with E-state index in [9.17, 15) is 5.11 Å². The Morgan fingerprint density at radius 1 is 1.12 bits per heavy atom. The second-order valence-corrected chi connectivity index (χ2v) is 6.64. The first-order chi connectivity index (χ1) is 12.2. The molecule has 25 heavy (non-hydrogen) atoms. The van der Waals surface area contributed by atoms with Crippen molar-refractivity contribution >= 4 is 11.8 Å². The average molecular weight is 355 g/mol. The van der Waals surface area contributed by atoms with E-state index in [1.54, 1.807) is 23.9 Å². The number of nitrogens with zero attached hydrogens (tertiary/aromatic N) is 3. The predicted octanol–water partition coefficient (Wildman–Crippen LogP) is 4.15. The average Bonchev–Trinajstić information content (AvgIpc) is 3.02. The van der Waals surface area contributed by atoms with Crippen LogP contribution in [-0.2, 0) is 6.54 Å². The maximum Gasteiger partial charge on any atom is 0.191 e. The van der Waals surface area contributed by atoms with E-state index >= 15 is 0 Å². The van der Waals surface area contributed by atoms with Gasteiger partial charge in [0, 0.05) is 12.3 Å². The number of para-hydroxylation sites is 1. The van der Waals surface area contributed by atoms with Crippen molar-refractivity contribution in [2.75, 3.05) is 12.4 Å². The van der Waals surface area contributed by atoms with E-state index in [2.05, 4.69) is 10.2 Å². The van der Waals surface area contributed by atoms with Crippen molar-refractivity contribution in [1.29, 1.82) is 0 Å². The minimum Gasteiger partial charge on any atom is -0.507 e. The molecule has 5 nitrogen and oxygen atoms in total. The summed E-state index contributed by atoms with van der Waals surface area (Å²) in [5.41, 5.74) is 1.88. The Bertz CT molecular complexity index is 848. The number of rotatable bonds is 7. The number of phenolic OH excluding ortho intramolecular Hbond substituents is 1. The second-order valence-electron chi connectivity index (χ2n) is 5.58. The molecule has 0 amide bonds. The molecule has 1 heterocycles. The number of hydrogen-bond donors (Lipinski definition) is 1. The van der Waals surface area contributed by atoms with Crippen molar-refractivity contribution in [2.24, 2.45) is 0 Å². The van der Waals surface area contributed by atoms with Crippen molar-refractivity contribution < 1.29 is 9.84 Å². The molecule has 0 aliphatic heterocycles. The highest BCUT2D eigenvalue weighted by Gasteiger charge is 2.15. The number of aromatic hydroxyl groups is 1. The summed E-state index contributed by atoms with van der Waals surface area (Å²) in [6.45, 7) is 5.42. The van der Waals surface area contributed by atoms with Crippen molar-refractivity contribution in [3.8, 4) is 22.9 Å². The van der Waals surface area contributed by atoms with Crippen LogP contribution >= 0.6 is 11.8 Å². The summed E-state index contributed by atoms with van der Waals surface area (Å²) >= 11 is 1.60. The normalized spacial score (nSPS) is 10.8. The fourth-order valence-corrected chi connectivity index (χ4v) is 3.36. The third kappa shape index (κ3) is 4.14. The van der Waals surface area contributed by atoms with E-state index in [1.165, 1.54) is 5.56 Å². The Morgan fingerprint density at radius 2 is 1.96 bits per heavy atom. The molecule has 0 aliphatic carbocycles. The van der Waals surface area contributed by atoms with Gasteiger partial charge in [0.05, 0.1) is 12.2 Å². The summed E-state index contributed by atoms with van der Waals surface area (Å²) in [5.74, 6) is 2.55. The third-order valence-electron chi connectivity index (χ3n) is 3.75. The zero-order valence-electron chi connectivity index (χ0n) is 14.3. The maximum atomic E-state index is 10.0. The van der Waals surface area contributed by atoms with Gasteiger partial charge in [-0.1, -0.05) is 36.0 Å². The lowest BCUT2D eigenvalue weighted by atomic mass is 10.2. The van der Waals surface area contributed by atoms with Crippen LogP contribution in [0.5, 0.6) is 11.5 Å². The van der Waals surface area contributed by atoms with Crippen LogP contribution in [0.4, 0.5) is 0 Å². The van der Waals surface area contributed by atoms with Gasteiger partial charge in [-0.3, -0.25) is 0 Å². The van der Waals surface area contributed by atoms with E-state index in [0.29, 0.717) is 18.0 Å². The van der Waals surface area contributed by atoms with E-state index in [1.807, 2.05) is 54.8 Å². The molecule has 1 N–H and O–H groups in total. The first-order valence-electron chi connectivity index (χ1n) is 8.23. The van der Waals surface area contributed by atoms with Crippen molar-refractivity contribution in [1.82, 2.24) is 14.8 Å². The minimum absolute atomic E-state index is 0.212. The van der Waals surface area contributed by atoms with Crippen LogP contribution in [-0.4, -0.2) is 32.2 Å². The maximum absolute atomic E-state index is 10.0. The molecule has 6 heteroatoms. The molecule has 2 aromatic carbocycles. The monoisotopic (exact) mass is 355 g/mol. The predicted molar refractivity (Wildman–Crippen MR) is 100 cm³/mol. The highest BCUT2D eigenvalue weighted by molar-refractivity contribution is 7.99. The number of aromatic nitrogens is 3. The number of ether oxygens (including phenoxy) is 1. The topological polar surface area (TPSA) is 60.2 Å². The molecular weight excluding hydrogens is 334 g/mol. The molecule has 0 atom stereocenters. The zero-order chi connectivity index (χ0) is 17.6. The Kier molecular flexibility index (Phi) is 5.60. The molecule has 0 saturated heterocycles. The Morgan fingerprint density at radius 3 is 2.72 bits per heavy atom. The second kappa shape index (κ2) is 8.07. The molecule has 0 radical (unpaired) electrons. The Labute approximate surface area is 151 Å². The van der Waals surface area contributed by atoms with Crippen LogP contribution < -0.4 is 4.74 Å². The van der Waals surface area contributed by atoms with Gasteiger partial charge in [-0.25, -0.2) is 0 Å². The number of aryl methyl sites for hydroxylation is 1. The summed E-state index contributed by atoms with van der Waals surface area (Å²) in [5, 5.41) is 19.4. The van der Waals surface area contributed by atoms with Gasteiger partial charge in [0.25, 0.3) is 0 Å².